The monoisotopic (exact) mass is 259 g/mol. The van der Waals surface area contributed by atoms with Gasteiger partial charge in [-0.2, -0.15) is 5.06 Å². The number of nitrogens with one attached hydrogen (secondary N) is 1. The van der Waals surface area contributed by atoms with Gasteiger partial charge in [0.1, 0.15) is 5.69 Å². The van der Waals surface area contributed by atoms with Gasteiger partial charge >= 0.3 is 0 Å². The normalized spacial score (nSPS) is 14.6. The molecule has 2 rings (SSSR count). The van der Waals surface area contributed by atoms with E-state index in [9.17, 15) is 0 Å². The number of guanidine groups is 1. The highest BCUT2D eigenvalue weighted by Crippen LogP contribution is 2.33. The highest BCUT2D eigenvalue weighted by atomic mass is 35.5. The van der Waals surface area contributed by atoms with Crippen LogP contribution in [-0.2, 0) is 4.84 Å². The number of halogens is 2. The molecule has 1 heterocycles. The summed E-state index contributed by atoms with van der Waals surface area (Å²) < 4.78 is 0. The molecule has 1 aromatic carbocycles. The summed E-state index contributed by atoms with van der Waals surface area (Å²) in [5.74, 6) is 0.623. The topological polar surface area (TPSA) is 36.9 Å². The van der Waals surface area contributed by atoms with Gasteiger partial charge in [0.2, 0.25) is 5.96 Å². The zero-order chi connectivity index (χ0) is 11.5. The molecule has 0 amide bonds. The molecular formula is C10H11Cl2N3O. The van der Waals surface area contributed by atoms with Gasteiger partial charge in [-0.05, 0) is 12.1 Å². The van der Waals surface area contributed by atoms with Gasteiger partial charge in [-0.3, -0.25) is 4.84 Å². The third kappa shape index (κ3) is 2.09. The molecule has 86 valence electrons. The summed E-state index contributed by atoms with van der Waals surface area (Å²) in [6, 6.07) is 5.29. The number of hydroxylamine groups is 1. The molecule has 16 heavy (non-hydrogen) atoms. The highest BCUT2D eigenvalue weighted by molar-refractivity contribution is 6.39. The molecule has 0 aliphatic carbocycles. The van der Waals surface area contributed by atoms with Gasteiger partial charge in [-0.25, -0.2) is 4.99 Å². The Morgan fingerprint density at radius 2 is 2.06 bits per heavy atom. The molecule has 6 heteroatoms. The Bertz CT molecular complexity index is 402. The minimum Gasteiger partial charge on any atom is -0.352 e. The van der Waals surface area contributed by atoms with Gasteiger partial charge in [-0.1, -0.05) is 29.3 Å². The van der Waals surface area contributed by atoms with Gasteiger partial charge in [0, 0.05) is 6.54 Å². The summed E-state index contributed by atoms with van der Waals surface area (Å²) in [7, 11) is 1.54. The Morgan fingerprint density at radius 3 is 2.56 bits per heavy atom. The zero-order valence-electron chi connectivity index (χ0n) is 8.70. The molecule has 1 aliphatic heterocycles. The summed E-state index contributed by atoms with van der Waals surface area (Å²) in [5, 5.41) is 5.63. The molecule has 0 aromatic heterocycles. The first-order valence-corrected chi connectivity index (χ1v) is 5.56. The van der Waals surface area contributed by atoms with Crippen molar-refractivity contribution >= 4 is 34.8 Å². The second-order valence-corrected chi connectivity index (χ2v) is 3.99. The molecule has 0 atom stereocenters. The van der Waals surface area contributed by atoms with Crippen molar-refractivity contribution in [3.63, 3.8) is 0 Å². The summed E-state index contributed by atoms with van der Waals surface area (Å²) in [4.78, 5) is 9.51. The predicted octanol–water partition coefficient (Wildman–Crippen LogP) is 2.32. The highest BCUT2D eigenvalue weighted by Gasteiger charge is 2.21. The van der Waals surface area contributed by atoms with E-state index >= 15 is 0 Å². The fraction of sp³-hybridized carbons (Fsp3) is 0.300. The van der Waals surface area contributed by atoms with Crippen molar-refractivity contribution in [2.45, 2.75) is 0 Å². The lowest BCUT2D eigenvalue weighted by atomic mass is 10.3. The maximum atomic E-state index is 6.09. The molecular weight excluding hydrogens is 249 g/mol. The lowest BCUT2D eigenvalue weighted by Gasteiger charge is -2.23. The first-order chi connectivity index (χ1) is 7.74. The van der Waals surface area contributed by atoms with Gasteiger partial charge in [-0.15, -0.1) is 0 Å². The van der Waals surface area contributed by atoms with Crippen LogP contribution < -0.4 is 10.4 Å². The molecule has 0 saturated heterocycles. The molecule has 0 saturated carbocycles. The quantitative estimate of drug-likeness (QED) is 0.829. The van der Waals surface area contributed by atoms with Gasteiger partial charge in [0.25, 0.3) is 0 Å². The minimum absolute atomic E-state index is 0.519. The van der Waals surface area contributed by atoms with E-state index in [-0.39, 0.29) is 0 Å². The SMILES string of the molecule is CON(C1=NCCN1)c1c(Cl)cccc1Cl. The van der Waals surface area contributed by atoms with Crippen molar-refractivity contribution in [1.82, 2.24) is 5.32 Å². The number of benzene rings is 1. The maximum Gasteiger partial charge on any atom is 0.223 e. The Kier molecular flexibility index (Phi) is 3.53. The second kappa shape index (κ2) is 4.91. The van der Waals surface area contributed by atoms with E-state index in [1.807, 2.05) is 0 Å². The first kappa shape index (κ1) is 11.5. The van der Waals surface area contributed by atoms with Crippen molar-refractivity contribution in [3.8, 4) is 0 Å². The molecule has 0 spiro atoms. The number of aliphatic imine (C=N–C) groups is 1. The number of hydrogen-bond donors (Lipinski definition) is 1. The van der Waals surface area contributed by atoms with Crippen LogP contribution in [-0.4, -0.2) is 26.2 Å². The van der Waals surface area contributed by atoms with Crippen molar-refractivity contribution in [2.24, 2.45) is 4.99 Å². The van der Waals surface area contributed by atoms with Crippen molar-refractivity contribution in [1.29, 1.82) is 0 Å². The van der Waals surface area contributed by atoms with Gasteiger partial charge < -0.3 is 5.32 Å². The Morgan fingerprint density at radius 1 is 1.38 bits per heavy atom. The van der Waals surface area contributed by atoms with Crippen molar-refractivity contribution < 1.29 is 4.84 Å². The van der Waals surface area contributed by atoms with Gasteiger partial charge in [0.15, 0.2) is 0 Å². The lowest BCUT2D eigenvalue weighted by Crippen LogP contribution is -2.38. The smallest absolute Gasteiger partial charge is 0.223 e. The van der Waals surface area contributed by atoms with E-state index < -0.39 is 0 Å². The Balaban J connectivity index is 2.40. The van der Waals surface area contributed by atoms with Crippen LogP contribution in [0.5, 0.6) is 0 Å². The molecule has 0 unspecified atom stereocenters. The lowest BCUT2D eigenvalue weighted by molar-refractivity contribution is 0.208. The summed E-state index contributed by atoms with van der Waals surface area (Å²) in [6.07, 6.45) is 0. The minimum atomic E-state index is 0.519. The van der Waals surface area contributed by atoms with Crippen molar-refractivity contribution in [3.05, 3.63) is 28.2 Å². The predicted molar refractivity (Wildman–Crippen MR) is 66.3 cm³/mol. The van der Waals surface area contributed by atoms with Crippen LogP contribution in [0.2, 0.25) is 10.0 Å². The number of nitrogens with zero attached hydrogens (tertiary/aromatic N) is 2. The zero-order valence-corrected chi connectivity index (χ0v) is 10.2. The van der Waals surface area contributed by atoms with Crippen LogP contribution in [0.25, 0.3) is 0 Å². The summed E-state index contributed by atoms with van der Waals surface area (Å²) in [6.45, 7) is 1.51. The standard InChI is InChI=1S/C10H11Cl2N3O/c1-16-15(10-13-5-6-14-10)9-7(11)3-2-4-8(9)12/h2-4H,5-6H2,1H3,(H,13,14). The third-order valence-corrected chi connectivity index (χ3v) is 2.78. The van der Waals surface area contributed by atoms with Crippen LogP contribution in [0.15, 0.2) is 23.2 Å². The average Bonchev–Trinajstić information content (AvgIpc) is 2.77. The molecule has 1 aromatic rings. The summed E-state index contributed by atoms with van der Waals surface area (Å²) >= 11 is 12.2. The number of para-hydroxylation sites is 1. The number of rotatable bonds is 2. The van der Waals surface area contributed by atoms with Crippen LogP contribution in [0.3, 0.4) is 0 Å². The Labute approximate surface area is 104 Å². The summed E-state index contributed by atoms with van der Waals surface area (Å²) in [5.41, 5.74) is 0.599. The molecule has 4 nitrogen and oxygen atoms in total. The maximum absolute atomic E-state index is 6.09. The van der Waals surface area contributed by atoms with E-state index in [1.54, 1.807) is 25.3 Å². The van der Waals surface area contributed by atoms with Crippen molar-refractivity contribution in [2.75, 3.05) is 25.3 Å². The van der Waals surface area contributed by atoms with E-state index in [4.69, 9.17) is 28.0 Å². The van der Waals surface area contributed by atoms with Crippen LogP contribution in [0, 0.1) is 0 Å². The second-order valence-electron chi connectivity index (χ2n) is 3.18. The molecule has 0 fully saturated rings. The fourth-order valence-electron chi connectivity index (χ4n) is 1.49. The van der Waals surface area contributed by atoms with E-state index in [1.165, 1.54) is 5.06 Å². The largest absolute Gasteiger partial charge is 0.352 e. The molecule has 0 radical (unpaired) electrons. The van der Waals surface area contributed by atoms with Gasteiger partial charge in [0.05, 0.1) is 23.7 Å². The fourth-order valence-corrected chi connectivity index (χ4v) is 2.04. The van der Waals surface area contributed by atoms with E-state index in [0.29, 0.717) is 21.7 Å². The van der Waals surface area contributed by atoms with E-state index in [0.717, 1.165) is 13.1 Å². The number of anilines is 1. The molecule has 1 aliphatic rings. The van der Waals surface area contributed by atoms with Crippen LogP contribution in [0.1, 0.15) is 0 Å². The first-order valence-electron chi connectivity index (χ1n) is 4.80. The molecule has 1 N–H and O–H groups in total. The number of hydrogen-bond acceptors (Lipinski definition) is 4. The van der Waals surface area contributed by atoms with Crippen LogP contribution in [0.4, 0.5) is 5.69 Å². The molecule has 0 bridgehead atoms. The van der Waals surface area contributed by atoms with Crippen LogP contribution >= 0.6 is 23.2 Å². The Hall–Kier alpha value is -0.970. The third-order valence-electron chi connectivity index (χ3n) is 2.17. The average molecular weight is 260 g/mol. The van der Waals surface area contributed by atoms with E-state index in [2.05, 4.69) is 10.3 Å².